The molecule has 0 saturated carbocycles. The summed E-state index contributed by atoms with van der Waals surface area (Å²) in [5, 5.41) is 10.4. The normalized spacial score (nSPS) is 20.5. The van der Waals surface area contributed by atoms with Gasteiger partial charge < -0.3 is 10.0 Å². The van der Waals surface area contributed by atoms with Crippen LogP contribution in [0.1, 0.15) is 24.0 Å². The molecule has 1 heterocycles. The molecule has 1 saturated heterocycles. The topological polar surface area (TPSA) is 23.5 Å². The van der Waals surface area contributed by atoms with Crippen molar-refractivity contribution < 1.29 is 13.9 Å². The van der Waals surface area contributed by atoms with Crippen LogP contribution < -0.4 is 0 Å². The van der Waals surface area contributed by atoms with Crippen LogP contribution in [0.3, 0.4) is 0 Å². The number of likely N-dealkylation sites (tertiary alicyclic amines) is 1. The lowest BCUT2D eigenvalue weighted by molar-refractivity contribution is -0.0259. The van der Waals surface area contributed by atoms with Crippen molar-refractivity contribution in [2.45, 2.75) is 25.4 Å². The van der Waals surface area contributed by atoms with Crippen LogP contribution in [0.25, 0.3) is 0 Å². The molecule has 1 N–H and O–H groups in total. The molecule has 0 aromatic heterocycles. The third-order valence-corrected chi connectivity index (χ3v) is 3.56. The Balaban J connectivity index is 2.43. The molecule has 1 aliphatic rings. The minimum atomic E-state index is -1.37. The van der Waals surface area contributed by atoms with Gasteiger partial charge >= 0.3 is 0 Å². The fourth-order valence-corrected chi connectivity index (χ4v) is 2.32. The third-order valence-electron chi connectivity index (χ3n) is 3.56. The van der Waals surface area contributed by atoms with E-state index in [9.17, 15) is 13.9 Å². The minimum absolute atomic E-state index is 0.161. The number of hydrogen-bond donors (Lipinski definition) is 1. The van der Waals surface area contributed by atoms with Gasteiger partial charge in [-0.1, -0.05) is 6.07 Å². The Morgan fingerprint density at radius 2 is 1.82 bits per heavy atom. The SMILES string of the molecule is Cc1ccc(F)c(C2(O)CCN(C)CC2)c1F. The molecule has 1 aliphatic heterocycles. The van der Waals surface area contributed by atoms with Crippen LogP contribution in [0.4, 0.5) is 8.78 Å². The van der Waals surface area contributed by atoms with Crippen molar-refractivity contribution in [3.63, 3.8) is 0 Å². The third kappa shape index (κ3) is 2.19. The van der Waals surface area contributed by atoms with E-state index in [1.165, 1.54) is 12.1 Å². The van der Waals surface area contributed by atoms with Crippen LogP contribution in [0, 0.1) is 18.6 Å². The van der Waals surface area contributed by atoms with Gasteiger partial charge in [-0.2, -0.15) is 0 Å². The maximum absolute atomic E-state index is 14.0. The van der Waals surface area contributed by atoms with Crippen molar-refractivity contribution in [1.29, 1.82) is 0 Å². The summed E-state index contributed by atoms with van der Waals surface area (Å²) in [6.07, 6.45) is 0.724. The zero-order valence-corrected chi connectivity index (χ0v) is 10.1. The van der Waals surface area contributed by atoms with E-state index in [1.54, 1.807) is 6.92 Å². The molecule has 0 atom stereocenters. The molecular formula is C13H17F2NO. The van der Waals surface area contributed by atoms with Crippen molar-refractivity contribution in [3.05, 3.63) is 34.9 Å². The molecular weight excluding hydrogens is 224 g/mol. The molecule has 4 heteroatoms. The van der Waals surface area contributed by atoms with Crippen LogP contribution in [0.2, 0.25) is 0 Å². The molecule has 1 fully saturated rings. The fraction of sp³-hybridized carbons (Fsp3) is 0.538. The average Bonchev–Trinajstić information content (AvgIpc) is 2.29. The van der Waals surface area contributed by atoms with E-state index < -0.39 is 17.2 Å². The van der Waals surface area contributed by atoms with Crippen LogP contribution in [0.15, 0.2) is 12.1 Å². The zero-order valence-electron chi connectivity index (χ0n) is 10.1. The first-order chi connectivity index (χ1) is 7.94. The maximum Gasteiger partial charge on any atom is 0.135 e. The van der Waals surface area contributed by atoms with E-state index >= 15 is 0 Å². The summed E-state index contributed by atoms with van der Waals surface area (Å²) in [7, 11) is 1.93. The lowest BCUT2D eigenvalue weighted by atomic mass is 9.83. The Kier molecular flexibility index (Phi) is 3.19. The van der Waals surface area contributed by atoms with Gasteiger partial charge in [0.15, 0.2) is 0 Å². The Bertz CT molecular complexity index is 426. The first-order valence-corrected chi connectivity index (χ1v) is 5.80. The summed E-state index contributed by atoms with van der Waals surface area (Å²) in [5.74, 6) is -1.27. The van der Waals surface area contributed by atoms with Gasteiger partial charge in [0.2, 0.25) is 0 Å². The number of rotatable bonds is 1. The Hall–Kier alpha value is -1.00. The Morgan fingerprint density at radius 3 is 2.41 bits per heavy atom. The molecule has 2 rings (SSSR count). The van der Waals surface area contributed by atoms with E-state index in [0.717, 1.165) is 0 Å². The van der Waals surface area contributed by atoms with Gasteiger partial charge in [-0.15, -0.1) is 0 Å². The zero-order chi connectivity index (χ0) is 12.6. The molecule has 0 aliphatic carbocycles. The van der Waals surface area contributed by atoms with Crippen molar-refractivity contribution in [2.24, 2.45) is 0 Å². The molecule has 17 heavy (non-hydrogen) atoms. The van der Waals surface area contributed by atoms with E-state index in [4.69, 9.17) is 0 Å². The van der Waals surface area contributed by atoms with E-state index in [0.29, 0.717) is 31.5 Å². The number of aliphatic hydroxyl groups is 1. The Labute approximate surface area is 99.9 Å². The smallest absolute Gasteiger partial charge is 0.135 e. The number of piperidine rings is 1. The number of nitrogens with zero attached hydrogens (tertiary/aromatic N) is 1. The second kappa shape index (κ2) is 4.35. The molecule has 0 radical (unpaired) electrons. The van der Waals surface area contributed by atoms with E-state index in [-0.39, 0.29) is 5.56 Å². The van der Waals surface area contributed by atoms with Gasteiger partial charge in [0.1, 0.15) is 11.6 Å². The van der Waals surface area contributed by atoms with Crippen LogP contribution >= 0.6 is 0 Å². The van der Waals surface area contributed by atoms with Gasteiger partial charge in [-0.3, -0.25) is 0 Å². The van der Waals surface area contributed by atoms with Crippen LogP contribution in [-0.2, 0) is 5.60 Å². The lowest BCUT2D eigenvalue weighted by Gasteiger charge is -2.37. The van der Waals surface area contributed by atoms with Gasteiger partial charge in [-0.25, -0.2) is 8.78 Å². The molecule has 1 aromatic rings. The number of hydrogen-bond acceptors (Lipinski definition) is 2. The molecule has 2 nitrogen and oxygen atoms in total. The fourth-order valence-electron chi connectivity index (χ4n) is 2.32. The summed E-state index contributed by atoms with van der Waals surface area (Å²) in [6, 6.07) is 2.62. The van der Waals surface area contributed by atoms with Crippen LogP contribution in [0.5, 0.6) is 0 Å². The summed E-state index contributed by atoms with van der Waals surface area (Å²) >= 11 is 0. The highest BCUT2D eigenvalue weighted by Gasteiger charge is 2.38. The highest BCUT2D eigenvalue weighted by molar-refractivity contribution is 5.31. The standard InChI is InChI=1S/C13H17F2NO/c1-9-3-4-10(14)11(12(9)15)13(17)5-7-16(2)8-6-13/h3-4,17H,5-8H2,1-2H3. The summed E-state index contributed by atoms with van der Waals surface area (Å²) in [6.45, 7) is 2.86. The lowest BCUT2D eigenvalue weighted by Crippen LogP contribution is -2.41. The number of halogens is 2. The van der Waals surface area contributed by atoms with Crippen molar-refractivity contribution in [2.75, 3.05) is 20.1 Å². The first-order valence-electron chi connectivity index (χ1n) is 5.80. The highest BCUT2D eigenvalue weighted by atomic mass is 19.1. The molecule has 0 bridgehead atoms. The second-order valence-electron chi connectivity index (χ2n) is 4.89. The largest absolute Gasteiger partial charge is 0.385 e. The van der Waals surface area contributed by atoms with Gasteiger partial charge in [0.25, 0.3) is 0 Å². The maximum atomic E-state index is 14.0. The quantitative estimate of drug-likeness (QED) is 0.814. The summed E-state index contributed by atoms with van der Waals surface area (Å²) in [5.41, 5.74) is -1.16. The van der Waals surface area contributed by atoms with Gasteiger partial charge in [-0.05, 0) is 38.4 Å². The highest BCUT2D eigenvalue weighted by Crippen LogP contribution is 2.36. The first kappa shape index (κ1) is 12.5. The van der Waals surface area contributed by atoms with Crippen molar-refractivity contribution in [1.82, 2.24) is 4.90 Å². The number of aryl methyl sites for hydroxylation is 1. The molecule has 0 spiro atoms. The molecule has 0 amide bonds. The summed E-state index contributed by atoms with van der Waals surface area (Å²) in [4.78, 5) is 2.04. The summed E-state index contributed by atoms with van der Waals surface area (Å²) < 4.78 is 27.7. The van der Waals surface area contributed by atoms with Gasteiger partial charge in [0.05, 0.1) is 11.2 Å². The van der Waals surface area contributed by atoms with Crippen LogP contribution in [-0.4, -0.2) is 30.1 Å². The molecule has 94 valence electrons. The second-order valence-corrected chi connectivity index (χ2v) is 4.89. The average molecular weight is 241 g/mol. The minimum Gasteiger partial charge on any atom is -0.385 e. The van der Waals surface area contributed by atoms with Crippen molar-refractivity contribution >= 4 is 0 Å². The number of benzene rings is 1. The monoisotopic (exact) mass is 241 g/mol. The molecule has 1 aromatic carbocycles. The van der Waals surface area contributed by atoms with E-state index in [1.807, 2.05) is 11.9 Å². The predicted octanol–water partition coefficient (Wildman–Crippen LogP) is 2.19. The molecule has 0 unspecified atom stereocenters. The predicted molar refractivity (Wildman–Crippen MR) is 61.7 cm³/mol. The van der Waals surface area contributed by atoms with Gasteiger partial charge in [0, 0.05) is 13.1 Å². The van der Waals surface area contributed by atoms with E-state index in [2.05, 4.69) is 0 Å². The van der Waals surface area contributed by atoms with Crippen molar-refractivity contribution in [3.8, 4) is 0 Å². The Morgan fingerprint density at radius 1 is 1.24 bits per heavy atom.